The SMILES string of the molecule is COc1ccc(-c2cnoc2-c2cc(OC)c3c(c2)OCO3)cc1. The van der Waals surface area contributed by atoms with Crippen molar-refractivity contribution in [3.8, 4) is 45.4 Å². The van der Waals surface area contributed by atoms with Gasteiger partial charge in [-0.25, -0.2) is 0 Å². The lowest BCUT2D eigenvalue weighted by atomic mass is 10.0. The van der Waals surface area contributed by atoms with E-state index in [2.05, 4.69) is 5.16 Å². The number of nitrogens with zero attached hydrogens (tertiary/aromatic N) is 1. The number of benzene rings is 2. The minimum atomic E-state index is 0.177. The van der Waals surface area contributed by atoms with Crippen molar-refractivity contribution in [1.82, 2.24) is 5.16 Å². The Morgan fingerprint density at radius 3 is 2.54 bits per heavy atom. The first-order chi connectivity index (χ1) is 11.8. The van der Waals surface area contributed by atoms with Crippen molar-refractivity contribution in [3.05, 3.63) is 42.6 Å². The Morgan fingerprint density at radius 1 is 0.958 bits per heavy atom. The Bertz CT molecular complexity index is 870. The molecule has 1 aromatic heterocycles. The van der Waals surface area contributed by atoms with E-state index >= 15 is 0 Å². The summed E-state index contributed by atoms with van der Waals surface area (Å²) >= 11 is 0. The van der Waals surface area contributed by atoms with E-state index < -0.39 is 0 Å². The van der Waals surface area contributed by atoms with E-state index in [1.54, 1.807) is 20.4 Å². The summed E-state index contributed by atoms with van der Waals surface area (Å²) in [7, 11) is 3.23. The highest BCUT2D eigenvalue weighted by atomic mass is 16.7. The zero-order chi connectivity index (χ0) is 16.5. The van der Waals surface area contributed by atoms with Gasteiger partial charge in [0.1, 0.15) is 5.75 Å². The molecule has 0 amide bonds. The maximum atomic E-state index is 5.49. The van der Waals surface area contributed by atoms with Gasteiger partial charge in [-0.15, -0.1) is 0 Å². The Kier molecular flexibility index (Phi) is 3.49. The van der Waals surface area contributed by atoms with Crippen LogP contribution in [0.2, 0.25) is 0 Å². The summed E-state index contributed by atoms with van der Waals surface area (Å²) in [6.07, 6.45) is 1.69. The van der Waals surface area contributed by atoms with Crippen LogP contribution < -0.4 is 18.9 Å². The molecule has 0 spiro atoms. The van der Waals surface area contributed by atoms with E-state index in [4.69, 9.17) is 23.5 Å². The van der Waals surface area contributed by atoms with Crippen LogP contribution in [-0.2, 0) is 0 Å². The topological polar surface area (TPSA) is 63.0 Å². The van der Waals surface area contributed by atoms with Crippen molar-refractivity contribution >= 4 is 0 Å². The van der Waals surface area contributed by atoms with Crippen molar-refractivity contribution in [2.45, 2.75) is 0 Å². The third kappa shape index (κ3) is 2.32. The van der Waals surface area contributed by atoms with Crippen LogP contribution in [-0.4, -0.2) is 26.2 Å². The predicted molar refractivity (Wildman–Crippen MR) is 86.6 cm³/mol. The molecule has 0 fully saturated rings. The van der Waals surface area contributed by atoms with E-state index in [9.17, 15) is 0 Å². The van der Waals surface area contributed by atoms with Gasteiger partial charge in [-0.05, 0) is 29.8 Å². The van der Waals surface area contributed by atoms with E-state index in [1.807, 2.05) is 36.4 Å². The summed E-state index contributed by atoms with van der Waals surface area (Å²) in [6, 6.07) is 11.4. The van der Waals surface area contributed by atoms with Crippen LogP contribution in [0.4, 0.5) is 0 Å². The van der Waals surface area contributed by atoms with Gasteiger partial charge in [0.2, 0.25) is 12.5 Å². The Balaban J connectivity index is 1.80. The minimum Gasteiger partial charge on any atom is -0.497 e. The van der Waals surface area contributed by atoms with Crippen molar-refractivity contribution in [1.29, 1.82) is 0 Å². The first kappa shape index (κ1) is 14.4. The Morgan fingerprint density at radius 2 is 1.79 bits per heavy atom. The molecule has 0 saturated heterocycles. The van der Waals surface area contributed by atoms with Crippen molar-refractivity contribution in [3.63, 3.8) is 0 Å². The standard InChI is InChI=1S/C18H15NO5/c1-20-13-5-3-11(4-6-13)14-9-19-24-17(14)12-7-15(21-2)18-16(8-12)22-10-23-18/h3-9H,10H2,1-2H3. The van der Waals surface area contributed by atoms with Gasteiger partial charge in [-0.2, -0.15) is 0 Å². The fraction of sp³-hybridized carbons (Fsp3) is 0.167. The lowest BCUT2D eigenvalue weighted by Gasteiger charge is -2.08. The van der Waals surface area contributed by atoms with Gasteiger partial charge in [-0.3, -0.25) is 0 Å². The van der Waals surface area contributed by atoms with Crippen LogP contribution in [0.3, 0.4) is 0 Å². The lowest BCUT2D eigenvalue weighted by Crippen LogP contribution is -1.93. The summed E-state index contributed by atoms with van der Waals surface area (Å²) in [5.41, 5.74) is 2.65. The summed E-state index contributed by atoms with van der Waals surface area (Å²) in [5.74, 6) is 3.25. The summed E-state index contributed by atoms with van der Waals surface area (Å²) < 4.78 is 27.0. The van der Waals surface area contributed by atoms with Gasteiger partial charge in [0.15, 0.2) is 17.3 Å². The van der Waals surface area contributed by atoms with Crippen LogP contribution in [0.1, 0.15) is 0 Å². The number of hydrogen-bond acceptors (Lipinski definition) is 6. The molecule has 6 heteroatoms. The van der Waals surface area contributed by atoms with Gasteiger partial charge in [0, 0.05) is 11.1 Å². The zero-order valence-electron chi connectivity index (χ0n) is 13.2. The van der Waals surface area contributed by atoms with Gasteiger partial charge in [0.05, 0.1) is 20.4 Å². The van der Waals surface area contributed by atoms with Gasteiger partial charge >= 0.3 is 0 Å². The molecule has 6 nitrogen and oxygen atoms in total. The summed E-state index contributed by atoms with van der Waals surface area (Å²) in [6.45, 7) is 0.177. The number of rotatable bonds is 4. The smallest absolute Gasteiger partial charge is 0.231 e. The number of ether oxygens (including phenoxy) is 4. The highest BCUT2D eigenvalue weighted by Gasteiger charge is 2.23. The van der Waals surface area contributed by atoms with Crippen molar-refractivity contribution in [2.75, 3.05) is 21.0 Å². The van der Waals surface area contributed by atoms with Crippen molar-refractivity contribution < 1.29 is 23.5 Å². The fourth-order valence-corrected chi connectivity index (χ4v) is 2.68. The molecule has 0 bridgehead atoms. The molecular weight excluding hydrogens is 310 g/mol. The molecule has 0 atom stereocenters. The van der Waals surface area contributed by atoms with E-state index in [0.29, 0.717) is 23.0 Å². The Labute approximate surface area is 138 Å². The molecule has 0 unspecified atom stereocenters. The van der Waals surface area contributed by atoms with Crippen LogP contribution in [0, 0.1) is 0 Å². The number of fused-ring (bicyclic) bond motifs is 1. The predicted octanol–water partition coefficient (Wildman–Crippen LogP) is 3.75. The third-order valence-corrected chi connectivity index (χ3v) is 3.89. The monoisotopic (exact) mass is 325 g/mol. The largest absolute Gasteiger partial charge is 0.497 e. The van der Waals surface area contributed by atoms with E-state index in [0.717, 1.165) is 22.4 Å². The quantitative estimate of drug-likeness (QED) is 0.728. The summed E-state index contributed by atoms with van der Waals surface area (Å²) in [5, 5.41) is 3.95. The van der Waals surface area contributed by atoms with Gasteiger partial charge < -0.3 is 23.5 Å². The first-order valence-corrected chi connectivity index (χ1v) is 7.37. The second-order valence-corrected chi connectivity index (χ2v) is 5.21. The normalized spacial score (nSPS) is 12.2. The van der Waals surface area contributed by atoms with E-state index in [-0.39, 0.29) is 6.79 Å². The van der Waals surface area contributed by atoms with Crippen LogP contribution in [0.15, 0.2) is 47.1 Å². The number of methoxy groups -OCH3 is 2. The molecule has 4 rings (SSSR count). The lowest BCUT2D eigenvalue weighted by molar-refractivity contribution is 0.171. The average molecular weight is 325 g/mol. The highest BCUT2D eigenvalue weighted by Crippen LogP contribution is 2.45. The zero-order valence-corrected chi connectivity index (χ0v) is 13.2. The molecule has 1 aliphatic rings. The molecule has 2 heterocycles. The molecule has 0 saturated carbocycles. The van der Waals surface area contributed by atoms with Crippen LogP contribution in [0.5, 0.6) is 23.0 Å². The second kappa shape index (κ2) is 5.81. The van der Waals surface area contributed by atoms with Crippen LogP contribution in [0.25, 0.3) is 22.5 Å². The maximum absolute atomic E-state index is 5.49. The van der Waals surface area contributed by atoms with E-state index in [1.165, 1.54) is 0 Å². The molecule has 0 radical (unpaired) electrons. The maximum Gasteiger partial charge on any atom is 0.231 e. The molecule has 24 heavy (non-hydrogen) atoms. The molecule has 1 aliphatic heterocycles. The van der Waals surface area contributed by atoms with Gasteiger partial charge in [-0.1, -0.05) is 17.3 Å². The highest BCUT2D eigenvalue weighted by molar-refractivity contribution is 5.81. The van der Waals surface area contributed by atoms with Gasteiger partial charge in [0.25, 0.3) is 0 Å². The van der Waals surface area contributed by atoms with Crippen molar-refractivity contribution in [2.24, 2.45) is 0 Å². The Hall–Kier alpha value is -3.15. The average Bonchev–Trinajstić information content (AvgIpc) is 3.29. The summed E-state index contributed by atoms with van der Waals surface area (Å²) in [4.78, 5) is 0. The molecular formula is C18H15NO5. The third-order valence-electron chi connectivity index (χ3n) is 3.89. The molecule has 0 aliphatic carbocycles. The minimum absolute atomic E-state index is 0.177. The second-order valence-electron chi connectivity index (χ2n) is 5.21. The molecule has 3 aromatic rings. The molecule has 2 aromatic carbocycles. The molecule has 0 N–H and O–H groups in total. The first-order valence-electron chi connectivity index (χ1n) is 7.37. The van der Waals surface area contributed by atoms with Crippen LogP contribution >= 0.6 is 0 Å². The fourth-order valence-electron chi connectivity index (χ4n) is 2.68. The number of aromatic nitrogens is 1. The molecule has 122 valence electrons. The number of hydrogen-bond donors (Lipinski definition) is 0.